The first-order valence-corrected chi connectivity index (χ1v) is 7.50. The molecule has 0 radical (unpaired) electrons. The number of nitrogens with two attached hydrogens (primary N) is 1. The number of pyridine rings is 1. The maximum atomic E-state index is 5.97. The number of rotatable bonds is 4. The third kappa shape index (κ3) is 2.53. The molecule has 2 N–H and O–H groups in total. The summed E-state index contributed by atoms with van der Waals surface area (Å²) in [6.45, 7) is 2.53. The second kappa shape index (κ2) is 4.95. The predicted molar refractivity (Wildman–Crippen MR) is 83.2 cm³/mol. The van der Waals surface area contributed by atoms with Crippen molar-refractivity contribution in [1.29, 1.82) is 0 Å². The van der Waals surface area contributed by atoms with Gasteiger partial charge in [-0.05, 0) is 42.0 Å². The van der Waals surface area contributed by atoms with E-state index in [0.29, 0.717) is 17.5 Å². The highest BCUT2D eigenvalue weighted by molar-refractivity contribution is 5.56. The second-order valence-electron chi connectivity index (χ2n) is 5.94. The van der Waals surface area contributed by atoms with Gasteiger partial charge in [0.25, 0.3) is 0 Å². The molecule has 0 atom stereocenters. The van der Waals surface area contributed by atoms with E-state index in [2.05, 4.69) is 34.1 Å². The SMILES string of the molecule is Nc1ccc(N2Cc3ccccc3C2)nc1OCC1CC1. The van der Waals surface area contributed by atoms with E-state index < -0.39 is 0 Å². The van der Waals surface area contributed by atoms with Crippen molar-refractivity contribution in [3.05, 3.63) is 47.5 Å². The normalized spacial score (nSPS) is 16.9. The van der Waals surface area contributed by atoms with Crippen LogP contribution < -0.4 is 15.4 Å². The van der Waals surface area contributed by atoms with Gasteiger partial charge >= 0.3 is 0 Å². The Balaban J connectivity index is 1.54. The lowest BCUT2D eigenvalue weighted by molar-refractivity contribution is 0.290. The monoisotopic (exact) mass is 281 g/mol. The van der Waals surface area contributed by atoms with E-state index in [9.17, 15) is 0 Å². The van der Waals surface area contributed by atoms with Crippen LogP contribution in [0.4, 0.5) is 11.5 Å². The first kappa shape index (κ1) is 12.5. The van der Waals surface area contributed by atoms with E-state index in [1.54, 1.807) is 0 Å². The minimum atomic E-state index is 0.579. The lowest BCUT2D eigenvalue weighted by atomic mass is 10.1. The maximum absolute atomic E-state index is 5.97. The van der Waals surface area contributed by atoms with Crippen LogP contribution in [0.3, 0.4) is 0 Å². The van der Waals surface area contributed by atoms with E-state index in [0.717, 1.165) is 25.5 Å². The predicted octanol–water partition coefficient (Wildman–Crippen LogP) is 2.97. The molecule has 4 nitrogen and oxygen atoms in total. The molecule has 2 aromatic rings. The van der Waals surface area contributed by atoms with Gasteiger partial charge in [0.05, 0.1) is 12.3 Å². The van der Waals surface area contributed by atoms with Crippen molar-refractivity contribution < 1.29 is 4.74 Å². The van der Waals surface area contributed by atoms with E-state index in [1.165, 1.54) is 24.0 Å². The zero-order valence-electron chi connectivity index (χ0n) is 12.0. The molecule has 2 aliphatic rings. The summed E-state index contributed by atoms with van der Waals surface area (Å²) >= 11 is 0. The summed E-state index contributed by atoms with van der Waals surface area (Å²) < 4.78 is 5.78. The largest absolute Gasteiger partial charge is 0.476 e. The molecule has 1 aliphatic heterocycles. The highest BCUT2D eigenvalue weighted by atomic mass is 16.5. The summed E-state index contributed by atoms with van der Waals surface area (Å²) in [6.07, 6.45) is 2.53. The third-order valence-electron chi connectivity index (χ3n) is 4.19. The summed E-state index contributed by atoms with van der Waals surface area (Å²) in [5, 5.41) is 0. The Morgan fingerprint density at radius 2 is 1.81 bits per heavy atom. The highest BCUT2D eigenvalue weighted by Crippen LogP contribution is 2.32. The van der Waals surface area contributed by atoms with Crippen molar-refractivity contribution in [2.45, 2.75) is 25.9 Å². The summed E-state index contributed by atoms with van der Waals surface area (Å²) in [4.78, 5) is 6.87. The number of fused-ring (bicyclic) bond motifs is 1. The Bertz CT molecular complexity index is 642. The van der Waals surface area contributed by atoms with Crippen LogP contribution in [0.1, 0.15) is 24.0 Å². The minimum absolute atomic E-state index is 0.579. The van der Waals surface area contributed by atoms with E-state index in [-0.39, 0.29) is 0 Å². The number of nitrogens with zero attached hydrogens (tertiary/aromatic N) is 2. The topological polar surface area (TPSA) is 51.4 Å². The molecule has 4 rings (SSSR count). The summed E-state index contributed by atoms with van der Waals surface area (Å²) in [5.41, 5.74) is 9.34. The van der Waals surface area contributed by atoms with Gasteiger partial charge in [-0.15, -0.1) is 0 Å². The van der Waals surface area contributed by atoms with Gasteiger partial charge in [0, 0.05) is 13.1 Å². The van der Waals surface area contributed by atoms with Crippen molar-refractivity contribution in [1.82, 2.24) is 4.98 Å². The highest BCUT2D eigenvalue weighted by Gasteiger charge is 2.24. The first-order chi connectivity index (χ1) is 10.3. The maximum Gasteiger partial charge on any atom is 0.239 e. The Labute approximate surface area is 124 Å². The van der Waals surface area contributed by atoms with Crippen LogP contribution in [0.15, 0.2) is 36.4 Å². The molecule has 1 aromatic heterocycles. The Morgan fingerprint density at radius 1 is 1.10 bits per heavy atom. The number of anilines is 2. The number of nitrogen functional groups attached to an aromatic ring is 1. The molecular weight excluding hydrogens is 262 g/mol. The van der Waals surface area contributed by atoms with Gasteiger partial charge in [0.2, 0.25) is 5.88 Å². The molecule has 1 aliphatic carbocycles. The molecule has 4 heteroatoms. The number of benzene rings is 1. The quantitative estimate of drug-likeness (QED) is 0.936. The van der Waals surface area contributed by atoms with E-state index in [4.69, 9.17) is 10.5 Å². The molecule has 21 heavy (non-hydrogen) atoms. The van der Waals surface area contributed by atoms with Gasteiger partial charge in [0.15, 0.2) is 0 Å². The van der Waals surface area contributed by atoms with Crippen molar-refractivity contribution in [2.75, 3.05) is 17.2 Å². The summed E-state index contributed by atoms with van der Waals surface area (Å²) in [5.74, 6) is 2.22. The van der Waals surface area contributed by atoms with Crippen molar-refractivity contribution in [3.63, 3.8) is 0 Å². The van der Waals surface area contributed by atoms with Crippen LogP contribution >= 0.6 is 0 Å². The van der Waals surface area contributed by atoms with Gasteiger partial charge in [-0.25, -0.2) is 0 Å². The second-order valence-corrected chi connectivity index (χ2v) is 5.94. The van der Waals surface area contributed by atoms with Crippen molar-refractivity contribution in [2.24, 2.45) is 5.92 Å². The minimum Gasteiger partial charge on any atom is -0.476 e. The van der Waals surface area contributed by atoms with Gasteiger partial charge in [-0.2, -0.15) is 4.98 Å². The van der Waals surface area contributed by atoms with Gasteiger partial charge in [-0.1, -0.05) is 24.3 Å². The molecule has 108 valence electrons. The number of aromatic nitrogens is 1. The van der Waals surface area contributed by atoms with Crippen molar-refractivity contribution >= 4 is 11.5 Å². The molecule has 2 heterocycles. The van der Waals surface area contributed by atoms with Crippen LogP contribution in [0.5, 0.6) is 5.88 Å². The van der Waals surface area contributed by atoms with E-state index >= 15 is 0 Å². The standard InChI is InChI=1S/C17H19N3O/c18-15-7-8-16(19-17(15)21-11-12-5-6-12)20-9-13-3-1-2-4-14(13)10-20/h1-4,7-8,12H,5-6,9-11,18H2. The summed E-state index contributed by atoms with van der Waals surface area (Å²) in [6, 6.07) is 12.4. The Kier molecular flexibility index (Phi) is 2.95. The fourth-order valence-electron chi connectivity index (χ4n) is 2.71. The molecule has 0 saturated heterocycles. The number of ether oxygens (including phenoxy) is 1. The smallest absolute Gasteiger partial charge is 0.239 e. The van der Waals surface area contributed by atoms with Crippen LogP contribution in [-0.4, -0.2) is 11.6 Å². The van der Waals surface area contributed by atoms with Crippen LogP contribution in [-0.2, 0) is 13.1 Å². The van der Waals surface area contributed by atoms with E-state index in [1.807, 2.05) is 12.1 Å². The zero-order valence-corrected chi connectivity index (χ0v) is 12.0. The molecule has 1 fully saturated rings. The Morgan fingerprint density at radius 3 is 2.48 bits per heavy atom. The first-order valence-electron chi connectivity index (χ1n) is 7.50. The Hall–Kier alpha value is -2.23. The van der Waals surface area contributed by atoms with Crippen LogP contribution in [0.25, 0.3) is 0 Å². The van der Waals surface area contributed by atoms with Gasteiger partial charge in [-0.3, -0.25) is 0 Å². The van der Waals surface area contributed by atoms with Gasteiger partial charge < -0.3 is 15.4 Å². The lowest BCUT2D eigenvalue weighted by Gasteiger charge is -2.18. The molecule has 0 spiro atoms. The molecule has 0 unspecified atom stereocenters. The average Bonchev–Trinajstić information content (AvgIpc) is 3.23. The third-order valence-corrected chi connectivity index (χ3v) is 4.19. The summed E-state index contributed by atoms with van der Waals surface area (Å²) in [7, 11) is 0. The zero-order chi connectivity index (χ0) is 14.2. The lowest BCUT2D eigenvalue weighted by Crippen LogP contribution is -2.16. The molecule has 0 amide bonds. The number of hydrogen-bond acceptors (Lipinski definition) is 4. The molecule has 1 saturated carbocycles. The molecule has 1 aromatic carbocycles. The van der Waals surface area contributed by atoms with Crippen molar-refractivity contribution in [3.8, 4) is 5.88 Å². The molecule has 0 bridgehead atoms. The van der Waals surface area contributed by atoms with Crippen LogP contribution in [0.2, 0.25) is 0 Å². The molecular formula is C17H19N3O. The van der Waals surface area contributed by atoms with Gasteiger partial charge in [0.1, 0.15) is 5.82 Å². The number of hydrogen-bond donors (Lipinski definition) is 1. The fourth-order valence-corrected chi connectivity index (χ4v) is 2.71. The van der Waals surface area contributed by atoms with Crippen LogP contribution in [0, 0.1) is 5.92 Å². The average molecular weight is 281 g/mol. The fraction of sp³-hybridized carbons (Fsp3) is 0.353.